The third kappa shape index (κ3) is 3.33. The number of hydrogen-bond acceptors (Lipinski definition) is 5. The summed E-state index contributed by atoms with van der Waals surface area (Å²) in [6.07, 6.45) is 6.31. The van der Waals surface area contributed by atoms with Crippen molar-refractivity contribution >= 4 is 42.8 Å². The topological polar surface area (TPSA) is 97.8 Å². The van der Waals surface area contributed by atoms with Crippen molar-refractivity contribution in [1.82, 2.24) is 24.1 Å². The van der Waals surface area contributed by atoms with Crippen molar-refractivity contribution in [2.75, 3.05) is 6.26 Å². The molecular weight excluding hydrogens is 434 g/mol. The Morgan fingerprint density at radius 2 is 2.00 bits per heavy atom. The maximum absolute atomic E-state index is 12.6. The van der Waals surface area contributed by atoms with E-state index in [1.54, 1.807) is 24.4 Å². The van der Waals surface area contributed by atoms with E-state index in [4.69, 9.17) is 0 Å². The molecule has 10 heteroatoms. The quantitative estimate of drug-likeness (QED) is 0.516. The number of hydrogen-bond donors (Lipinski definition) is 1. The van der Waals surface area contributed by atoms with E-state index >= 15 is 0 Å². The number of nitrogens with zero attached hydrogens (tertiary/aromatic N) is 4. The Balaban J connectivity index is 1.63. The van der Waals surface area contributed by atoms with Crippen LogP contribution in [0.25, 0.3) is 11.2 Å². The number of aromatic nitrogens is 4. The molecule has 4 aromatic heterocycles. The average Bonchev–Trinajstić information content (AvgIpc) is 3.20. The van der Waals surface area contributed by atoms with Gasteiger partial charge in [-0.05, 0) is 40.2 Å². The van der Waals surface area contributed by atoms with Crippen LogP contribution in [-0.4, -0.2) is 39.4 Å². The summed E-state index contributed by atoms with van der Waals surface area (Å²) >= 11 is 3.40. The second kappa shape index (κ2) is 6.46. The molecule has 0 bridgehead atoms. The molecule has 8 nitrogen and oxygen atoms in total. The number of rotatable bonds is 4. The summed E-state index contributed by atoms with van der Waals surface area (Å²) in [6, 6.07) is 8.80. The lowest BCUT2D eigenvalue weighted by atomic mass is 10.3. The lowest BCUT2D eigenvalue weighted by Crippen LogP contribution is -2.23. The van der Waals surface area contributed by atoms with Gasteiger partial charge in [0.1, 0.15) is 5.65 Å². The molecule has 0 aliphatic rings. The van der Waals surface area contributed by atoms with Crippen LogP contribution in [0, 0.1) is 0 Å². The molecule has 0 aliphatic carbocycles. The van der Waals surface area contributed by atoms with Crippen molar-refractivity contribution in [3.8, 4) is 0 Å². The fraction of sp³-hybridized carbons (Fsp3) is 0.118. The van der Waals surface area contributed by atoms with Crippen LogP contribution in [-0.2, 0) is 16.4 Å². The zero-order valence-corrected chi connectivity index (χ0v) is 16.5. The van der Waals surface area contributed by atoms with Crippen LogP contribution in [0.2, 0.25) is 0 Å². The predicted octanol–water partition coefficient (Wildman–Crippen LogP) is 2.08. The number of imidazole rings is 2. The van der Waals surface area contributed by atoms with Gasteiger partial charge in [0.15, 0.2) is 5.69 Å². The Hall–Kier alpha value is -2.72. The lowest BCUT2D eigenvalue weighted by molar-refractivity contribution is 0.0947. The molecule has 0 spiro atoms. The van der Waals surface area contributed by atoms with Crippen molar-refractivity contribution in [3.05, 3.63) is 64.8 Å². The van der Waals surface area contributed by atoms with Crippen molar-refractivity contribution in [3.63, 3.8) is 0 Å². The molecule has 0 radical (unpaired) electrons. The van der Waals surface area contributed by atoms with Gasteiger partial charge in [-0.25, -0.2) is 18.4 Å². The van der Waals surface area contributed by atoms with E-state index in [0.29, 0.717) is 11.2 Å². The molecule has 0 aromatic carbocycles. The Kier molecular flexibility index (Phi) is 4.23. The van der Waals surface area contributed by atoms with E-state index in [-0.39, 0.29) is 17.4 Å². The Bertz CT molecular complexity index is 1290. The summed E-state index contributed by atoms with van der Waals surface area (Å²) < 4.78 is 28.1. The summed E-state index contributed by atoms with van der Waals surface area (Å²) in [4.78, 5) is 21.1. The van der Waals surface area contributed by atoms with Gasteiger partial charge in [0.2, 0.25) is 15.0 Å². The molecule has 0 unspecified atom stereocenters. The van der Waals surface area contributed by atoms with Crippen LogP contribution in [0.1, 0.15) is 16.2 Å². The second-order valence-electron chi connectivity index (χ2n) is 6.00. The molecule has 0 saturated heterocycles. The summed E-state index contributed by atoms with van der Waals surface area (Å²) in [7, 11) is -3.58. The largest absolute Gasteiger partial charge is 0.345 e. The van der Waals surface area contributed by atoms with Crippen LogP contribution in [0.5, 0.6) is 0 Å². The number of carbonyl (C=O) groups excluding carboxylic acids is 1. The Morgan fingerprint density at radius 3 is 2.78 bits per heavy atom. The minimum Gasteiger partial charge on any atom is -0.345 e. The molecule has 0 atom stereocenters. The van der Waals surface area contributed by atoms with Crippen LogP contribution < -0.4 is 5.32 Å². The van der Waals surface area contributed by atoms with E-state index in [9.17, 15) is 13.2 Å². The van der Waals surface area contributed by atoms with Gasteiger partial charge in [0, 0.05) is 29.3 Å². The SMILES string of the molecule is CS(=O)(=O)c1nc(C(=O)NCc2cn3cc(Br)ccc3n2)c2ccccn12. The van der Waals surface area contributed by atoms with E-state index in [1.807, 2.05) is 28.9 Å². The first kappa shape index (κ1) is 17.7. The number of pyridine rings is 2. The van der Waals surface area contributed by atoms with Crippen molar-refractivity contribution < 1.29 is 13.2 Å². The molecule has 138 valence electrons. The normalized spacial score (nSPS) is 11.9. The van der Waals surface area contributed by atoms with E-state index in [0.717, 1.165) is 16.4 Å². The van der Waals surface area contributed by atoms with Gasteiger partial charge in [-0.15, -0.1) is 0 Å². The van der Waals surface area contributed by atoms with Crippen molar-refractivity contribution in [2.24, 2.45) is 0 Å². The van der Waals surface area contributed by atoms with Crippen LogP contribution in [0.3, 0.4) is 0 Å². The lowest BCUT2D eigenvalue weighted by Gasteiger charge is -2.01. The van der Waals surface area contributed by atoms with Gasteiger partial charge in [-0.1, -0.05) is 6.07 Å². The van der Waals surface area contributed by atoms with Crippen molar-refractivity contribution in [1.29, 1.82) is 0 Å². The number of sulfone groups is 1. The number of nitrogens with one attached hydrogen (secondary N) is 1. The number of amides is 1. The summed E-state index contributed by atoms with van der Waals surface area (Å²) in [5.41, 5.74) is 1.92. The highest BCUT2D eigenvalue weighted by Crippen LogP contribution is 2.17. The molecule has 4 heterocycles. The molecule has 0 saturated carbocycles. The van der Waals surface area contributed by atoms with E-state index < -0.39 is 15.7 Å². The van der Waals surface area contributed by atoms with Crippen LogP contribution >= 0.6 is 15.9 Å². The fourth-order valence-electron chi connectivity index (χ4n) is 2.80. The maximum atomic E-state index is 12.6. The fourth-order valence-corrected chi connectivity index (χ4v) is 3.92. The van der Waals surface area contributed by atoms with Gasteiger partial charge >= 0.3 is 0 Å². The van der Waals surface area contributed by atoms with Crippen LogP contribution in [0.4, 0.5) is 0 Å². The zero-order valence-electron chi connectivity index (χ0n) is 14.1. The first-order valence-electron chi connectivity index (χ1n) is 7.91. The minimum atomic E-state index is -3.58. The van der Waals surface area contributed by atoms with E-state index in [1.165, 1.54) is 4.40 Å². The van der Waals surface area contributed by atoms with E-state index in [2.05, 4.69) is 31.2 Å². The van der Waals surface area contributed by atoms with Gasteiger partial charge in [0.25, 0.3) is 5.91 Å². The molecule has 1 amide bonds. The maximum Gasteiger partial charge on any atom is 0.272 e. The molecule has 0 fully saturated rings. The molecule has 27 heavy (non-hydrogen) atoms. The van der Waals surface area contributed by atoms with Gasteiger partial charge in [0.05, 0.1) is 17.8 Å². The Morgan fingerprint density at radius 1 is 1.19 bits per heavy atom. The highest BCUT2D eigenvalue weighted by molar-refractivity contribution is 9.10. The van der Waals surface area contributed by atoms with Gasteiger partial charge in [-0.3, -0.25) is 9.20 Å². The number of fused-ring (bicyclic) bond motifs is 2. The highest BCUT2D eigenvalue weighted by Gasteiger charge is 2.22. The summed E-state index contributed by atoms with van der Waals surface area (Å²) in [5.74, 6) is -0.466. The number of carbonyl (C=O) groups is 1. The first-order chi connectivity index (χ1) is 12.8. The number of halogens is 1. The third-order valence-electron chi connectivity index (χ3n) is 3.96. The third-order valence-corrected chi connectivity index (χ3v) is 5.38. The smallest absolute Gasteiger partial charge is 0.272 e. The molecule has 4 rings (SSSR count). The summed E-state index contributed by atoms with van der Waals surface area (Å²) in [5, 5.41) is 2.58. The zero-order chi connectivity index (χ0) is 19.2. The first-order valence-corrected chi connectivity index (χ1v) is 10.6. The minimum absolute atomic E-state index is 0.0579. The van der Waals surface area contributed by atoms with Gasteiger partial charge in [-0.2, -0.15) is 0 Å². The molecule has 0 aliphatic heterocycles. The predicted molar refractivity (Wildman–Crippen MR) is 102 cm³/mol. The van der Waals surface area contributed by atoms with Crippen molar-refractivity contribution in [2.45, 2.75) is 11.7 Å². The van der Waals surface area contributed by atoms with Gasteiger partial charge < -0.3 is 9.72 Å². The molecule has 1 N–H and O–H groups in total. The molecule has 4 aromatic rings. The average molecular weight is 448 g/mol. The molecular formula is C17H14BrN5O3S. The van der Waals surface area contributed by atoms with Crippen LogP contribution in [0.15, 0.2) is 58.6 Å². The summed E-state index contributed by atoms with van der Waals surface area (Å²) in [6.45, 7) is 0.193. The second-order valence-corrected chi connectivity index (χ2v) is 8.82. The standard InChI is InChI=1S/C17H14BrN5O3S/c1-27(25,26)17-21-15(13-4-2-3-7-23(13)17)16(24)19-8-12-10-22-9-11(18)5-6-14(22)20-12/h2-7,9-10H,8H2,1H3,(H,19,24). The monoisotopic (exact) mass is 447 g/mol. The highest BCUT2D eigenvalue weighted by atomic mass is 79.9. The Labute approximate surface area is 162 Å².